The first kappa shape index (κ1) is 26.3. The molecule has 0 bridgehead atoms. The zero-order valence-electron chi connectivity index (χ0n) is 20.3. The molecule has 4 heterocycles. The molecule has 0 spiro atoms. The molecule has 14 heteroatoms. The van der Waals surface area contributed by atoms with Crippen LogP contribution >= 0.6 is 11.8 Å². The molecule has 2 saturated heterocycles. The largest absolute Gasteiger partial charge is 0.461 e. The summed E-state index contributed by atoms with van der Waals surface area (Å²) in [5, 5.41) is 17.2. The number of aliphatic imine (C=N–C) groups is 1. The van der Waals surface area contributed by atoms with Crippen LogP contribution in [0.5, 0.6) is 0 Å². The van der Waals surface area contributed by atoms with E-state index >= 15 is 0 Å². The highest BCUT2D eigenvalue weighted by molar-refractivity contribution is 8.01. The number of aryl methyl sites for hydroxylation is 1. The van der Waals surface area contributed by atoms with Crippen LogP contribution in [0.3, 0.4) is 0 Å². The number of epoxide rings is 1. The molecule has 13 nitrogen and oxygen atoms in total. The molecule has 0 unspecified atom stereocenters. The van der Waals surface area contributed by atoms with Crippen molar-refractivity contribution in [2.24, 2.45) is 4.99 Å². The standard InChI is InChI=1S/C22H29N5O8S/c1-22(2,3)35-21(31)23-16-18(29)27-17(13(8-28)12-36-19(16)27)20(30)33-6-4-5-26-7-14(24-25-26)9-32-10-15-11-34-15/h7,15,19,28H,4-6,8-12H2,1-3H3/t15-,19-/m1/s1. The lowest BCUT2D eigenvalue weighted by atomic mass is 10.1. The number of aromatic nitrogens is 3. The molecule has 0 radical (unpaired) electrons. The number of amides is 2. The summed E-state index contributed by atoms with van der Waals surface area (Å²) >= 11 is 1.28. The molecule has 0 saturated carbocycles. The van der Waals surface area contributed by atoms with E-state index in [2.05, 4.69) is 15.3 Å². The third-order valence-corrected chi connectivity index (χ3v) is 6.46. The molecule has 36 heavy (non-hydrogen) atoms. The van der Waals surface area contributed by atoms with Crippen molar-refractivity contribution in [3.8, 4) is 0 Å². The maximum Gasteiger partial charge on any atom is 0.434 e. The minimum Gasteiger partial charge on any atom is -0.461 e. The molecule has 4 rings (SSSR count). The first-order valence-electron chi connectivity index (χ1n) is 11.5. The van der Waals surface area contributed by atoms with Gasteiger partial charge >= 0.3 is 12.1 Å². The Morgan fingerprint density at radius 3 is 2.83 bits per heavy atom. The molecule has 0 aromatic carbocycles. The highest BCUT2D eigenvalue weighted by Crippen LogP contribution is 2.39. The first-order chi connectivity index (χ1) is 17.2. The van der Waals surface area contributed by atoms with Crippen molar-refractivity contribution in [1.29, 1.82) is 0 Å². The number of aliphatic hydroxyl groups excluding tert-OH is 1. The van der Waals surface area contributed by atoms with Gasteiger partial charge < -0.3 is 24.1 Å². The lowest BCUT2D eigenvalue weighted by Gasteiger charge is -2.44. The molecule has 2 amide bonds. The van der Waals surface area contributed by atoms with Gasteiger partial charge in [0.1, 0.15) is 34.2 Å². The Bertz CT molecular complexity index is 1070. The number of carbonyl (C=O) groups excluding carboxylic acids is 3. The quantitative estimate of drug-likeness (QED) is 0.199. The Labute approximate surface area is 211 Å². The van der Waals surface area contributed by atoms with E-state index in [4.69, 9.17) is 18.9 Å². The number of nitrogens with zero attached hydrogens (tertiary/aromatic N) is 5. The summed E-state index contributed by atoms with van der Waals surface area (Å²) in [6, 6.07) is 0. The molecule has 0 aliphatic carbocycles. The lowest BCUT2D eigenvalue weighted by molar-refractivity contribution is -0.144. The van der Waals surface area contributed by atoms with Gasteiger partial charge in [0.05, 0.1) is 39.2 Å². The maximum atomic E-state index is 12.8. The molecular formula is C22H29N5O8S. The minimum atomic E-state index is -0.869. The molecule has 1 aromatic rings. The summed E-state index contributed by atoms with van der Waals surface area (Å²) in [7, 11) is 0. The van der Waals surface area contributed by atoms with E-state index in [1.165, 1.54) is 16.7 Å². The highest BCUT2D eigenvalue weighted by Gasteiger charge is 2.52. The van der Waals surface area contributed by atoms with Crippen molar-refractivity contribution in [3.05, 3.63) is 23.2 Å². The summed E-state index contributed by atoms with van der Waals surface area (Å²) in [5.74, 6) is -1.02. The van der Waals surface area contributed by atoms with Crippen LogP contribution in [0.2, 0.25) is 0 Å². The van der Waals surface area contributed by atoms with Gasteiger partial charge in [-0.1, -0.05) is 5.21 Å². The van der Waals surface area contributed by atoms with Gasteiger partial charge in [0.15, 0.2) is 0 Å². The summed E-state index contributed by atoms with van der Waals surface area (Å²) in [6.45, 7) is 6.83. The number of esters is 1. The van der Waals surface area contributed by atoms with Crippen LogP contribution < -0.4 is 0 Å². The number of hydrogen-bond donors (Lipinski definition) is 1. The Morgan fingerprint density at radius 1 is 1.36 bits per heavy atom. The number of rotatable bonds is 10. The van der Waals surface area contributed by atoms with Crippen molar-refractivity contribution < 1.29 is 38.4 Å². The average molecular weight is 524 g/mol. The Kier molecular flexibility index (Phi) is 8.07. The van der Waals surface area contributed by atoms with Gasteiger partial charge in [-0.15, -0.1) is 16.9 Å². The predicted octanol–water partition coefficient (Wildman–Crippen LogP) is 0.664. The molecular weight excluding hydrogens is 494 g/mol. The number of hydrogen-bond acceptors (Lipinski definition) is 11. The van der Waals surface area contributed by atoms with Crippen molar-refractivity contribution in [1.82, 2.24) is 19.9 Å². The van der Waals surface area contributed by atoms with E-state index in [0.29, 0.717) is 43.2 Å². The smallest absolute Gasteiger partial charge is 0.434 e. The van der Waals surface area contributed by atoms with Crippen LogP contribution in [0.25, 0.3) is 0 Å². The van der Waals surface area contributed by atoms with Crippen molar-refractivity contribution in [3.63, 3.8) is 0 Å². The fourth-order valence-corrected chi connectivity index (χ4v) is 4.71. The van der Waals surface area contributed by atoms with Crippen molar-refractivity contribution >= 4 is 35.4 Å². The average Bonchev–Trinajstić information content (AvgIpc) is 3.54. The van der Waals surface area contributed by atoms with Gasteiger partial charge in [-0.2, -0.15) is 4.99 Å². The number of thioether (sulfide) groups is 1. The monoisotopic (exact) mass is 523 g/mol. The third kappa shape index (κ3) is 6.49. The SMILES string of the molecule is CC(C)(C)OC(=O)N=C1C(=O)N2C(C(=O)OCCCn3cc(COC[C@@H]4CO4)nn3)=C(CO)CS[C@H]12. The van der Waals surface area contributed by atoms with Crippen molar-refractivity contribution in [2.75, 3.05) is 32.2 Å². The van der Waals surface area contributed by atoms with E-state index in [1.807, 2.05) is 0 Å². The summed E-state index contributed by atoms with van der Waals surface area (Å²) in [6.07, 6.45) is 1.54. The number of ether oxygens (including phenoxy) is 4. The van der Waals surface area contributed by atoms with Crippen LogP contribution in [0, 0.1) is 0 Å². The van der Waals surface area contributed by atoms with Crippen molar-refractivity contribution in [2.45, 2.75) is 57.4 Å². The summed E-state index contributed by atoms with van der Waals surface area (Å²) in [5.41, 5.74) is 0.320. The number of aliphatic hydroxyl groups is 1. The maximum absolute atomic E-state index is 12.8. The van der Waals surface area contributed by atoms with E-state index < -0.39 is 35.6 Å². The Balaban J connectivity index is 1.28. The second kappa shape index (κ2) is 11.1. The van der Waals surface area contributed by atoms with Gasteiger partial charge in [0.2, 0.25) is 0 Å². The first-order valence-corrected chi connectivity index (χ1v) is 12.6. The molecule has 2 atom stereocenters. The molecule has 1 N–H and O–H groups in total. The number of carbonyl (C=O) groups is 3. The fraction of sp³-hybridized carbons (Fsp3) is 0.636. The second-order valence-electron chi connectivity index (χ2n) is 9.36. The van der Waals surface area contributed by atoms with E-state index in [1.54, 1.807) is 31.6 Å². The van der Waals surface area contributed by atoms with E-state index in [-0.39, 0.29) is 24.1 Å². The normalized spacial score (nSPS) is 22.4. The van der Waals surface area contributed by atoms with E-state index in [0.717, 1.165) is 6.61 Å². The Morgan fingerprint density at radius 2 is 2.14 bits per heavy atom. The molecule has 196 valence electrons. The minimum absolute atomic E-state index is 0.00535. The number of fused-ring (bicyclic) bond motifs is 1. The van der Waals surface area contributed by atoms with Gasteiger partial charge in [-0.05, 0) is 26.3 Å². The van der Waals surface area contributed by atoms with Crippen LogP contribution in [0.15, 0.2) is 22.5 Å². The van der Waals surface area contributed by atoms with Gasteiger partial charge in [-0.25, -0.2) is 9.59 Å². The van der Waals surface area contributed by atoms with Crippen LogP contribution in [-0.2, 0) is 41.7 Å². The molecule has 3 aliphatic rings. The Hall–Kier alpha value is -2.81. The zero-order chi connectivity index (χ0) is 25.9. The van der Waals surface area contributed by atoms with Gasteiger partial charge in [-0.3, -0.25) is 14.4 Å². The van der Waals surface area contributed by atoms with E-state index in [9.17, 15) is 19.5 Å². The topological polar surface area (TPSA) is 158 Å². The molecule has 2 fully saturated rings. The van der Waals surface area contributed by atoms with Crippen LogP contribution in [0.4, 0.5) is 4.79 Å². The summed E-state index contributed by atoms with van der Waals surface area (Å²) in [4.78, 5) is 42.6. The fourth-order valence-electron chi connectivity index (χ4n) is 3.46. The van der Waals surface area contributed by atoms with Gasteiger partial charge in [0, 0.05) is 18.7 Å². The van der Waals surface area contributed by atoms with Crippen LogP contribution in [0.1, 0.15) is 32.9 Å². The lowest BCUT2D eigenvalue weighted by Crippen LogP contribution is -2.62. The number of β-lactam (4-membered cyclic amide) rings is 1. The van der Waals surface area contributed by atoms with Gasteiger partial charge in [0.25, 0.3) is 5.91 Å². The summed E-state index contributed by atoms with van der Waals surface area (Å²) < 4.78 is 22.7. The highest BCUT2D eigenvalue weighted by atomic mass is 32.2. The molecule has 3 aliphatic heterocycles. The zero-order valence-corrected chi connectivity index (χ0v) is 21.2. The molecule has 1 aromatic heterocycles. The third-order valence-electron chi connectivity index (χ3n) is 5.19. The van der Waals surface area contributed by atoms with Crippen LogP contribution in [-0.4, -0.2) is 97.9 Å². The predicted molar refractivity (Wildman–Crippen MR) is 126 cm³/mol. The second-order valence-corrected chi connectivity index (χ2v) is 10.4.